The van der Waals surface area contributed by atoms with Crippen molar-refractivity contribution in [2.24, 2.45) is 0 Å². The summed E-state index contributed by atoms with van der Waals surface area (Å²) in [5, 5.41) is 16.7. The van der Waals surface area contributed by atoms with Crippen LogP contribution in [-0.2, 0) is 0 Å². The molecule has 0 saturated carbocycles. The summed E-state index contributed by atoms with van der Waals surface area (Å²) in [5.74, 6) is -0.322. The van der Waals surface area contributed by atoms with Gasteiger partial charge in [-0.25, -0.2) is 4.98 Å². The second kappa shape index (κ2) is 6.82. The van der Waals surface area contributed by atoms with Gasteiger partial charge in [-0.1, -0.05) is 18.2 Å². The SMILES string of the molecule is Cc1nc(-c2ccccc2NC(=O)c2ccc([N+](=O)[O-])c(C)c2)cs1. The highest BCUT2D eigenvalue weighted by Crippen LogP contribution is 2.29. The molecular weight excluding hydrogens is 338 g/mol. The zero-order valence-corrected chi connectivity index (χ0v) is 14.5. The number of para-hydroxylation sites is 1. The number of nitrogens with one attached hydrogen (secondary N) is 1. The first-order chi connectivity index (χ1) is 12.0. The van der Waals surface area contributed by atoms with E-state index in [1.807, 2.05) is 30.5 Å². The number of hydrogen-bond donors (Lipinski definition) is 1. The standard InChI is InChI=1S/C18H15N3O3S/c1-11-9-13(7-8-17(11)21(23)24)18(22)20-15-6-4-3-5-14(15)16-10-25-12(2)19-16/h3-10H,1-2H3,(H,20,22). The van der Waals surface area contributed by atoms with Gasteiger partial charge >= 0.3 is 0 Å². The molecule has 25 heavy (non-hydrogen) atoms. The number of nitro groups is 1. The van der Waals surface area contributed by atoms with Gasteiger partial charge in [0.05, 0.1) is 21.3 Å². The number of nitro benzene ring substituents is 1. The predicted molar refractivity (Wildman–Crippen MR) is 98.1 cm³/mol. The Kier molecular flexibility index (Phi) is 4.58. The number of amides is 1. The van der Waals surface area contributed by atoms with Gasteiger partial charge in [-0.2, -0.15) is 0 Å². The van der Waals surface area contributed by atoms with Crippen LogP contribution in [0.15, 0.2) is 47.8 Å². The molecule has 3 rings (SSSR count). The average Bonchev–Trinajstić information content (AvgIpc) is 3.01. The van der Waals surface area contributed by atoms with Crippen molar-refractivity contribution < 1.29 is 9.72 Å². The number of benzene rings is 2. The highest BCUT2D eigenvalue weighted by Gasteiger charge is 2.15. The van der Waals surface area contributed by atoms with Crippen molar-refractivity contribution in [3.8, 4) is 11.3 Å². The number of aromatic nitrogens is 1. The second-order valence-electron chi connectivity index (χ2n) is 5.51. The van der Waals surface area contributed by atoms with E-state index < -0.39 is 4.92 Å². The molecule has 7 heteroatoms. The van der Waals surface area contributed by atoms with Crippen molar-refractivity contribution in [2.75, 3.05) is 5.32 Å². The third kappa shape index (κ3) is 3.56. The van der Waals surface area contributed by atoms with Crippen molar-refractivity contribution in [1.82, 2.24) is 4.98 Å². The van der Waals surface area contributed by atoms with Gasteiger partial charge in [-0.3, -0.25) is 14.9 Å². The first-order valence-electron chi connectivity index (χ1n) is 7.53. The lowest BCUT2D eigenvalue weighted by molar-refractivity contribution is -0.385. The summed E-state index contributed by atoms with van der Waals surface area (Å²) in [7, 11) is 0. The van der Waals surface area contributed by atoms with E-state index in [-0.39, 0.29) is 11.6 Å². The maximum absolute atomic E-state index is 12.5. The summed E-state index contributed by atoms with van der Waals surface area (Å²) in [5.41, 5.74) is 3.09. The highest BCUT2D eigenvalue weighted by molar-refractivity contribution is 7.09. The van der Waals surface area contributed by atoms with Gasteiger partial charge in [0.25, 0.3) is 11.6 Å². The third-order valence-electron chi connectivity index (χ3n) is 3.73. The van der Waals surface area contributed by atoms with E-state index in [1.165, 1.54) is 18.2 Å². The summed E-state index contributed by atoms with van der Waals surface area (Å²) in [6.07, 6.45) is 0. The number of thiazole rings is 1. The average molecular weight is 353 g/mol. The number of aryl methyl sites for hydroxylation is 2. The van der Waals surface area contributed by atoms with Crippen molar-refractivity contribution in [3.05, 3.63) is 74.1 Å². The Balaban J connectivity index is 1.89. The fraction of sp³-hybridized carbons (Fsp3) is 0.111. The Morgan fingerprint density at radius 2 is 1.96 bits per heavy atom. The van der Waals surface area contributed by atoms with Crippen LogP contribution in [0.3, 0.4) is 0 Å². The summed E-state index contributed by atoms with van der Waals surface area (Å²) < 4.78 is 0. The Morgan fingerprint density at radius 3 is 2.60 bits per heavy atom. The molecule has 0 bridgehead atoms. The summed E-state index contributed by atoms with van der Waals surface area (Å²) in [6.45, 7) is 3.54. The number of nitrogens with zero attached hydrogens (tertiary/aromatic N) is 2. The molecule has 1 aromatic heterocycles. The number of anilines is 1. The lowest BCUT2D eigenvalue weighted by atomic mass is 10.1. The Hall–Kier alpha value is -3.06. The third-order valence-corrected chi connectivity index (χ3v) is 4.50. The Morgan fingerprint density at radius 1 is 1.20 bits per heavy atom. The molecule has 1 heterocycles. The zero-order chi connectivity index (χ0) is 18.0. The van der Waals surface area contributed by atoms with Gasteiger partial charge < -0.3 is 5.32 Å². The molecule has 0 fully saturated rings. The van der Waals surface area contributed by atoms with E-state index in [0.29, 0.717) is 16.8 Å². The normalized spacial score (nSPS) is 10.5. The molecule has 0 atom stereocenters. The number of rotatable bonds is 4. The molecule has 6 nitrogen and oxygen atoms in total. The lowest BCUT2D eigenvalue weighted by Gasteiger charge is -2.10. The number of carbonyl (C=O) groups excluding carboxylic acids is 1. The van der Waals surface area contributed by atoms with E-state index in [2.05, 4.69) is 10.3 Å². The molecule has 1 N–H and O–H groups in total. The van der Waals surface area contributed by atoms with Crippen LogP contribution >= 0.6 is 11.3 Å². The fourth-order valence-corrected chi connectivity index (χ4v) is 3.11. The molecule has 0 spiro atoms. The van der Waals surface area contributed by atoms with Gasteiger partial charge in [0.2, 0.25) is 0 Å². The molecule has 0 radical (unpaired) electrons. The topological polar surface area (TPSA) is 85.1 Å². The molecule has 3 aromatic rings. The summed E-state index contributed by atoms with van der Waals surface area (Å²) in [4.78, 5) is 27.4. The van der Waals surface area contributed by atoms with E-state index in [1.54, 1.807) is 24.3 Å². The van der Waals surface area contributed by atoms with Crippen molar-refractivity contribution in [2.45, 2.75) is 13.8 Å². The van der Waals surface area contributed by atoms with Crippen LogP contribution < -0.4 is 5.32 Å². The van der Waals surface area contributed by atoms with Crippen molar-refractivity contribution in [3.63, 3.8) is 0 Å². The minimum absolute atomic E-state index is 0.00472. The molecule has 0 aliphatic rings. The van der Waals surface area contributed by atoms with Gasteiger partial charge in [0, 0.05) is 28.1 Å². The van der Waals surface area contributed by atoms with Crippen LogP contribution in [0.25, 0.3) is 11.3 Å². The molecule has 2 aromatic carbocycles. The van der Waals surface area contributed by atoms with Crippen LogP contribution in [-0.4, -0.2) is 15.8 Å². The molecule has 0 saturated heterocycles. The van der Waals surface area contributed by atoms with Crippen LogP contribution in [0.2, 0.25) is 0 Å². The zero-order valence-electron chi connectivity index (χ0n) is 13.6. The molecule has 0 aliphatic heterocycles. The minimum atomic E-state index is -0.461. The molecule has 0 unspecified atom stereocenters. The van der Waals surface area contributed by atoms with Gasteiger partial charge in [0.15, 0.2) is 0 Å². The summed E-state index contributed by atoms with van der Waals surface area (Å²) in [6, 6.07) is 11.7. The van der Waals surface area contributed by atoms with E-state index in [0.717, 1.165) is 16.3 Å². The van der Waals surface area contributed by atoms with Crippen LogP contribution in [0, 0.1) is 24.0 Å². The number of carbonyl (C=O) groups is 1. The van der Waals surface area contributed by atoms with Crippen LogP contribution in [0.4, 0.5) is 11.4 Å². The molecular formula is C18H15N3O3S. The molecule has 1 amide bonds. The van der Waals surface area contributed by atoms with E-state index in [4.69, 9.17) is 0 Å². The maximum atomic E-state index is 12.5. The first kappa shape index (κ1) is 16.8. The summed E-state index contributed by atoms with van der Waals surface area (Å²) >= 11 is 1.54. The highest BCUT2D eigenvalue weighted by atomic mass is 32.1. The Bertz CT molecular complexity index is 966. The predicted octanol–water partition coefficient (Wildman–Crippen LogP) is 4.59. The van der Waals surface area contributed by atoms with Crippen molar-refractivity contribution >= 4 is 28.6 Å². The quantitative estimate of drug-likeness (QED) is 0.549. The van der Waals surface area contributed by atoms with Crippen molar-refractivity contribution in [1.29, 1.82) is 0 Å². The molecule has 0 aliphatic carbocycles. The van der Waals surface area contributed by atoms with Gasteiger partial charge in [-0.05, 0) is 32.0 Å². The second-order valence-corrected chi connectivity index (χ2v) is 6.57. The van der Waals surface area contributed by atoms with E-state index in [9.17, 15) is 14.9 Å². The monoisotopic (exact) mass is 353 g/mol. The van der Waals surface area contributed by atoms with Gasteiger partial charge in [0.1, 0.15) is 0 Å². The number of hydrogen-bond acceptors (Lipinski definition) is 5. The molecule has 126 valence electrons. The Labute approximate surface area is 148 Å². The van der Waals surface area contributed by atoms with Crippen LogP contribution in [0.5, 0.6) is 0 Å². The fourth-order valence-electron chi connectivity index (χ4n) is 2.50. The lowest BCUT2D eigenvalue weighted by Crippen LogP contribution is -2.13. The minimum Gasteiger partial charge on any atom is -0.321 e. The van der Waals surface area contributed by atoms with E-state index >= 15 is 0 Å². The van der Waals surface area contributed by atoms with Crippen LogP contribution in [0.1, 0.15) is 20.9 Å². The smallest absolute Gasteiger partial charge is 0.272 e. The largest absolute Gasteiger partial charge is 0.321 e. The first-order valence-corrected chi connectivity index (χ1v) is 8.41. The van der Waals surface area contributed by atoms with Gasteiger partial charge in [-0.15, -0.1) is 11.3 Å². The maximum Gasteiger partial charge on any atom is 0.272 e.